The van der Waals surface area contributed by atoms with Crippen molar-refractivity contribution in [1.82, 2.24) is 5.32 Å². The molecule has 112 valence electrons. The molecule has 1 heterocycles. The highest BCUT2D eigenvalue weighted by Gasteiger charge is 2.37. The van der Waals surface area contributed by atoms with Gasteiger partial charge in [0.05, 0.1) is 0 Å². The Hall–Kier alpha value is -1.65. The standard InChI is InChI=1S/C17H21NO2S/c1-13(14-7-4-3-5-8-14)17(2,20)16(19)18-11-10-15-9-6-12-21-15/h3-9,12-13,20H,10-11H2,1-2H3,(H,18,19)/t13-,17+/m1/s1. The van der Waals surface area contributed by atoms with Gasteiger partial charge in [0.1, 0.15) is 5.60 Å². The Bertz CT molecular complexity index is 564. The molecule has 0 radical (unpaired) electrons. The molecule has 3 nitrogen and oxygen atoms in total. The molecule has 2 aromatic rings. The van der Waals surface area contributed by atoms with E-state index in [9.17, 15) is 9.90 Å². The van der Waals surface area contributed by atoms with Crippen molar-refractivity contribution < 1.29 is 9.90 Å². The second-order valence-corrected chi connectivity index (χ2v) is 6.40. The Balaban J connectivity index is 1.93. The summed E-state index contributed by atoms with van der Waals surface area (Å²) in [7, 11) is 0. The summed E-state index contributed by atoms with van der Waals surface area (Å²) in [5, 5.41) is 15.4. The van der Waals surface area contributed by atoms with Gasteiger partial charge in [-0.1, -0.05) is 43.3 Å². The van der Waals surface area contributed by atoms with Crippen LogP contribution in [0.15, 0.2) is 47.8 Å². The Morgan fingerprint density at radius 3 is 2.62 bits per heavy atom. The first-order valence-electron chi connectivity index (χ1n) is 7.10. The topological polar surface area (TPSA) is 49.3 Å². The molecular weight excluding hydrogens is 282 g/mol. The highest BCUT2D eigenvalue weighted by molar-refractivity contribution is 7.09. The van der Waals surface area contributed by atoms with E-state index in [1.165, 1.54) is 4.88 Å². The summed E-state index contributed by atoms with van der Waals surface area (Å²) < 4.78 is 0. The number of carbonyl (C=O) groups is 1. The van der Waals surface area contributed by atoms with E-state index in [0.29, 0.717) is 6.54 Å². The molecule has 0 spiro atoms. The first-order valence-corrected chi connectivity index (χ1v) is 7.98. The van der Waals surface area contributed by atoms with E-state index >= 15 is 0 Å². The minimum absolute atomic E-state index is 0.263. The van der Waals surface area contributed by atoms with Gasteiger partial charge in [-0.15, -0.1) is 11.3 Å². The van der Waals surface area contributed by atoms with E-state index in [4.69, 9.17) is 0 Å². The highest BCUT2D eigenvalue weighted by atomic mass is 32.1. The number of aliphatic hydroxyl groups is 1. The number of benzene rings is 1. The predicted molar refractivity (Wildman–Crippen MR) is 86.5 cm³/mol. The lowest BCUT2D eigenvalue weighted by Crippen LogP contribution is -2.48. The third kappa shape index (κ3) is 3.93. The van der Waals surface area contributed by atoms with Crippen molar-refractivity contribution in [1.29, 1.82) is 0 Å². The van der Waals surface area contributed by atoms with Crippen LogP contribution in [0.4, 0.5) is 0 Å². The van der Waals surface area contributed by atoms with Crippen LogP contribution in [-0.4, -0.2) is 23.2 Å². The summed E-state index contributed by atoms with van der Waals surface area (Å²) in [5.74, 6) is -0.587. The number of nitrogens with one attached hydrogen (secondary N) is 1. The lowest BCUT2D eigenvalue weighted by Gasteiger charge is -2.29. The van der Waals surface area contributed by atoms with E-state index < -0.39 is 5.60 Å². The molecule has 21 heavy (non-hydrogen) atoms. The van der Waals surface area contributed by atoms with Crippen LogP contribution in [0, 0.1) is 0 Å². The van der Waals surface area contributed by atoms with Crippen LogP contribution in [0.2, 0.25) is 0 Å². The number of carbonyl (C=O) groups excluding carboxylic acids is 1. The van der Waals surface area contributed by atoms with Crippen molar-refractivity contribution in [2.75, 3.05) is 6.54 Å². The SMILES string of the molecule is C[C@H](c1ccccc1)[C@](C)(O)C(=O)NCCc1cccs1. The van der Waals surface area contributed by atoms with Crippen molar-refractivity contribution >= 4 is 17.2 Å². The number of rotatable bonds is 6. The molecule has 0 unspecified atom stereocenters. The smallest absolute Gasteiger partial charge is 0.252 e. The molecule has 2 N–H and O–H groups in total. The molecule has 0 aliphatic heterocycles. The van der Waals surface area contributed by atoms with Gasteiger partial charge in [-0.2, -0.15) is 0 Å². The van der Waals surface area contributed by atoms with Gasteiger partial charge in [-0.3, -0.25) is 4.79 Å². The monoisotopic (exact) mass is 303 g/mol. The minimum Gasteiger partial charge on any atom is -0.380 e. The number of thiophene rings is 1. The number of hydrogen-bond acceptors (Lipinski definition) is 3. The first-order chi connectivity index (χ1) is 10.0. The third-order valence-corrected chi connectivity index (χ3v) is 4.78. The second kappa shape index (κ2) is 6.87. The van der Waals surface area contributed by atoms with Crippen LogP contribution in [-0.2, 0) is 11.2 Å². The average molecular weight is 303 g/mol. The van der Waals surface area contributed by atoms with Crippen LogP contribution in [0.3, 0.4) is 0 Å². The molecule has 2 atom stereocenters. The van der Waals surface area contributed by atoms with Crippen molar-refractivity contribution in [3.63, 3.8) is 0 Å². The molecule has 1 aromatic carbocycles. The summed E-state index contributed by atoms with van der Waals surface area (Å²) in [6.45, 7) is 3.98. The average Bonchev–Trinajstić information content (AvgIpc) is 3.00. The molecule has 4 heteroatoms. The van der Waals surface area contributed by atoms with E-state index in [1.54, 1.807) is 18.3 Å². The molecule has 0 aliphatic rings. The maximum atomic E-state index is 12.3. The van der Waals surface area contributed by atoms with Gasteiger partial charge in [0.25, 0.3) is 5.91 Å². The van der Waals surface area contributed by atoms with Crippen molar-refractivity contribution in [2.24, 2.45) is 0 Å². The van der Waals surface area contributed by atoms with Gasteiger partial charge in [0.2, 0.25) is 0 Å². The molecule has 0 saturated heterocycles. The van der Waals surface area contributed by atoms with Crippen LogP contribution in [0.1, 0.15) is 30.2 Å². The fraction of sp³-hybridized carbons (Fsp3) is 0.353. The van der Waals surface area contributed by atoms with E-state index in [2.05, 4.69) is 5.32 Å². The maximum Gasteiger partial charge on any atom is 0.252 e. The summed E-state index contributed by atoms with van der Waals surface area (Å²) in [6.07, 6.45) is 0.791. The molecular formula is C17H21NO2S. The Morgan fingerprint density at radius 2 is 2.00 bits per heavy atom. The molecule has 0 bridgehead atoms. The van der Waals surface area contributed by atoms with Crippen molar-refractivity contribution in [3.8, 4) is 0 Å². The van der Waals surface area contributed by atoms with Gasteiger partial charge >= 0.3 is 0 Å². The maximum absolute atomic E-state index is 12.3. The minimum atomic E-state index is -1.42. The predicted octanol–water partition coefficient (Wildman–Crippen LogP) is 2.96. The molecule has 2 rings (SSSR count). The van der Waals surface area contributed by atoms with E-state index in [1.807, 2.05) is 54.8 Å². The van der Waals surface area contributed by atoms with Gasteiger partial charge < -0.3 is 10.4 Å². The first kappa shape index (κ1) is 15.7. The highest BCUT2D eigenvalue weighted by Crippen LogP contribution is 2.27. The van der Waals surface area contributed by atoms with Crippen LogP contribution >= 0.6 is 11.3 Å². The van der Waals surface area contributed by atoms with Gasteiger partial charge in [0, 0.05) is 17.3 Å². The Labute approximate surface area is 129 Å². The lowest BCUT2D eigenvalue weighted by atomic mass is 9.84. The Morgan fingerprint density at radius 1 is 1.29 bits per heavy atom. The molecule has 0 saturated carbocycles. The largest absolute Gasteiger partial charge is 0.380 e. The van der Waals surface area contributed by atoms with Crippen LogP contribution < -0.4 is 5.32 Å². The summed E-state index contributed by atoms with van der Waals surface area (Å²) in [4.78, 5) is 13.5. The summed E-state index contributed by atoms with van der Waals surface area (Å²) >= 11 is 1.67. The molecule has 1 amide bonds. The third-order valence-electron chi connectivity index (χ3n) is 3.84. The fourth-order valence-electron chi connectivity index (χ4n) is 2.20. The lowest BCUT2D eigenvalue weighted by molar-refractivity contribution is -0.139. The van der Waals surface area contributed by atoms with Crippen LogP contribution in [0.25, 0.3) is 0 Å². The molecule has 0 fully saturated rings. The summed E-state index contributed by atoms with van der Waals surface area (Å²) in [5.41, 5.74) is -0.465. The number of hydrogen-bond donors (Lipinski definition) is 2. The van der Waals surface area contributed by atoms with Crippen molar-refractivity contribution in [2.45, 2.75) is 31.8 Å². The van der Waals surface area contributed by atoms with Crippen molar-refractivity contribution in [3.05, 3.63) is 58.3 Å². The zero-order chi connectivity index (χ0) is 15.3. The zero-order valence-corrected chi connectivity index (χ0v) is 13.2. The summed E-state index contributed by atoms with van der Waals surface area (Å²) in [6, 6.07) is 13.6. The zero-order valence-electron chi connectivity index (χ0n) is 12.4. The second-order valence-electron chi connectivity index (χ2n) is 5.37. The fourth-order valence-corrected chi connectivity index (χ4v) is 2.90. The van der Waals surface area contributed by atoms with Crippen LogP contribution in [0.5, 0.6) is 0 Å². The van der Waals surface area contributed by atoms with Gasteiger partial charge in [0.15, 0.2) is 0 Å². The van der Waals surface area contributed by atoms with E-state index in [-0.39, 0.29) is 11.8 Å². The van der Waals surface area contributed by atoms with E-state index in [0.717, 1.165) is 12.0 Å². The molecule has 1 aromatic heterocycles. The normalized spacial score (nSPS) is 15.2. The number of amides is 1. The van der Waals surface area contributed by atoms with Gasteiger partial charge in [-0.25, -0.2) is 0 Å². The van der Waals surface area contributed by atoms with Gasteiger partial charge in [-0.05, 0) is 30.4 Å². The molecule has 0 aliphatic carbocycles. The quantitative estimate of drug-likeness (QED) is 0.862. The Kier molecular flexibility index (Phi) is 5.15.